The summed E-state index contributed by atoms with van der Waals surface area (Å²) in [5, 5.41) is 14.2. The van der Waals surface area contributed by atoms with Crippen LogP contribution in [0.3, 0.4) is 0 Å². The van der Waals surface area contributed by atoms with Crippen molar-refractivity contribution in [3.8, 4) is 0 Å². The number of aliphatic hydroxyl groups is 1. The van der Waals surface area contributed by atoms with E-state index in [0.717, 1.165) is 18.8 Å². The quantitative estimate of drug-likeness (QED) is 0.813. The molecule has 0 spiro atoms. The molecule has 0 heterocycles. The maximum Gasteiger partial charge on any atom is 0.0945 e. The normalized spacial score (nSPS) is 23.8. The van der Waals surface area contributed by atoms with E-state index in [-0.39, 0.29) is 6.10 Å². The lowest BCUT2D eigenvalue weighted by Gasteiger charge is -2.27. The Labute approximate surface area is 136 Å². The summed E-state index contributed by atoms with van der Waals surface area (Å²) in [5.74, 6) is 0.723. The molecule has 1 aromatic rings. The first-order valence-electron chi connectivity index (χ1n) is 7.53. The Kier molecular flexibility index (Phi) is 6.62. The maximum absolute atomic E-state index is 10.0. The van der Waals surface area contributed by atoms with Gasteiger partial charge < -0.3 is 15.2 Å². The molecule has 5 heteroatoms. The number of hydrogen-bond acceptors (Lipinski definition) is 3. The highest BCUT2D eigenvalue weighted by atomic mass is 35.5. The molecule has 118 valence electrons. The number of aliphatic hydroxyl groups excluding tert-OH is 1. The summed E-state index contributed by atoms with van der Waals surface area (Å²) in [6.07, 6.45) is 4.41. The highest BCUT2D eigenvalue weighted by Crippen LogP contribution is 2.29. The van der Waals surface area contributed by atoms with Crippen LogP contribution in [-0.4, -0.2) is 30.5 Å². The van der Waals surface area contributed by atoms with Gasteiger partial charge in [0.2, 0.25) is 0 Å². The molecule has 3 nitrogen and oxygen atoms in total. The van der Waals surface area contributed by atoms with E-state index >= 15 is 0 Å². The van der Waals surface area contributed by atoms with Gasteiger partial charge in [0.1, 0.15) is 0 Å². The van der Waals surface area contributed by atoms with E-state index in [1.165, 1.54) is 12.8 Å². The first kappa shape index (κ1) is 16.9. The second kappa shape index (κ2) is 8.23. The number of para-hydroxylation sites is 1. The summed E-state index contributed by atoms with van der Waals surface area (Å²) >= 11 is 12.1. The van der Waals surface area contributed by atoms with Gasteiger partial charge in [-0.1, -0.05) is 49.0 Å². The lowest BCUT2D eigenvalue weighted by atomic mass is 9.89. The standard InChI is InChI=1S/C16H23Cl2NO2/c1-11-4-2-5-13(8-11)21-10-12(20)9-19-16-14(17)6-3-7-15(16)18/h3,6-7,11-13,19-20H,2,4-5,8-10H2,1H3. The van der Waals surface area contributed by atoms with Gasteiger partial charge in [-0.15, -0.1) is 0 Å². The van der Waals surface area contributed by atoms with Crippen molar-refractivity contribution in [3.63, 3.8) is 0 Å². The zero-order chi connectivity index (χ0) is 15.2. The van der Waals surface area contributed by atoms with Crippen molar-refractivity contribution in [1.82, 2.24) is 0 Å². The minimum absolute atomic E-state index is 0.285. The molecule has 1 aliphatic carbocycles. The van der Waals surface area contributed by atoms with Crippen LogP contribution >= 0.6 is 23.2 Å². The zero-order valence-corrected chi connectivity index (χ0v) is 13.8. The van der Waals surface area contributed by atoms with Crippen LogP contribution in [0.15, 0.2) is 18.2 Å². The second-order valence-electron chi connectivity index (χ2n) is 5.86. The third-order valence-electron chi connectivity index (χ3n) is 3.89. The van der Waals surface area contributed by atoms with Gasteiger partial charge >= 0.3 is 0 Å². The Bertz CT molecular complexity index is 436. The predicted molar refractivity (Wildman–Crippen MR) is 88.3 cm³/mol. The molecule has 3 atom stereocenters. The van der Waals surface area contributed by atoms with Crippen molar-refractivity contribution in [1.29, 1.82) is 0 Å². The molecule has 3 unspecified atom stereocenters. The van der Waals surface area contributed by atoms with Crippen LogP contribution in [0.5, 0.6) is 0 Å². The molecular formula is C16H23Cl2NO2. The fraction of sp³-hybridized carbons (Fsp3) is 0.625. The van der Waals surface area contributed by atoms with Gasteiger partial charge in [0, 0.05) is 6.54 Å². The van der Waals surface area contributed by atoms with E-state index in [0.29, 0.717) is 28.9 Å². The fourth-order valence-corrected chi connectivity index (χ4v) is 3.25. The third-order valence-corrected chi connectivity index (χ3v) is 4.52. The average Bonchev–Trinajstić information content (AvgIpc) is 2.45. The zero-order valence-electron chi connectivity index (χ0n) is 12.3. The van der Waals surface area contributed by atoms with Crippen molar-refractivity contribution in [3.05, 3.63) is 28.2 Å². The molecule has 0 aromatic heterocycles. The molecular weight excluding hydrogens is 309 g/mol. The minimum Gasteiger partial charge on any atom is -0.389 e. The van der Waals surface area contributed by atoms with Crippen LogP contribution in [0.2, 0.25) is 10.0 Å². The van der Waals surface area contributed by atoms with E-state index in [9.17, 15) is 5.11 Å². The number of benzene rings is 1. The molecule has 0 bridgehead atoms. The lowest BCUT2D eigenvalue weighted by molar-refractivity contribution is -0.0274. The highest BCUT2D eigenvalue weighted by molar-refractivity contribution is 6.39. The molecule has 1 aromatic carbocycles. The average molecular weight is 332 g/mol. The van der Waals surface area contributed by atoms with Gasteiger partial charge in [-0.3, -0.25) is 0 Å². The van der Waals surface area contributed by atoms with Gasteiger partial charge in [-0.2, -0.15) is 0 Å². The smallest absolute Gasteiger partial charge is 0.0945 e. The molecule has 2 N–H and O–H groups in total. The van der Waals surface area contributed by atoms with Crippen molar-refractivity contribution in [2.45, 2.75) is 44.8 Å². The van der Waals surface area contributed by atoms with E-state index in [1.807, 2.05) is 0 Å². The maximum atomic E-state index is 10.0. The molecule has 21 heavy (non-hydrogen) atoms. The van der Waals surface area contributed by atoms with Crippen molar-refractivity contribution in [2.75, 3.05) is 18.5 Å². The Morgan fingerprint density at radius 1 is 1.33 bits per heavy atom. The molecule has 2 rings (SSSR count). The van der Waals surface area contributed by atoms with Gasteiger partial charge in [0.25, 0.3) is 0 Å². The Morgan fingerprint density at radius 3 is 2.71 bits per heavy atom. The molecule has 0 radical (unpaired) electrons. The van der Waals surface area contributed by atoms with Crippen LogP contribution in [0, 0.1) is 5.92 Å². The van der Waals surface area contributed by atoms with Gasteiger partial charge in [0.05, 0.1) is 34.5 Å². The minimum atomic E-state index is -0.574. The summed E-state index contributed by atoms with van der Waals surface area (Å²) < 4.78 is 5.81. The Balaban J connectivity index is 1.73. The van der Waals surface area contributed by atoms with Crippen molar-refractivity contribution >= 4 is 28.9 Å². The highest BCUT2D eigenvalue weighted by Gasteiger charge is 2.20. The van der Waals surface area contributed by atoms with Crippen LogP contribution in [-0.2, 0) is 4.74 Å². The Morgan fingerprint density at radius 2 is 2.05 bits per heavy atom. The van der Waals surface area contributed by atoms with E-state index in [4.69, 9.17) is 27.9 Å². The van der Waals surface area contributed by atoms with E-state index < -0.39 is 6.10 Å². The molecule has 1 fully saturated rings. The summed E-state index contributed by atoms with van der Waals surface area (Å²) in [6, 6.07) is 5.32. The van der Waals surface area contributed by atoms with Crippen molar-refractivity contribution < 1.29 is 9.84 Å². The molecule has 0 amide bonds. The van der Waals surface area contributed by atoms with Crippen LogP contribution in [0.25, 0.3) is 0 Å². The van der Waals surface area contributed by atoms with Crippen LogP contribution in [0.4, 0.5) is 5.69 Å². The number of halogens is 2. The first-order valence-corrected chi connectivity index (χ1v) is 8.29. The fourth-order valence-electron chi connectivity index (χ4n) is 2.72. The summed E-state index contributed by atoms with van der Waals surface area (Å²) in [7, 11) is 0. The SMILES string of the molecule is CC1CCCC(OCC(O)CNc2c(Cl)cccc2Cl)C1. The van der Waals surface area contributed by atoms with Gasteiger partial charge in [0.15, 0.2) is 0 Å². The molecule has 0 aliphatic heterocycles. The van der Waals surface area contributed by atoms with E-state index in [1.54, 1.807) is 18.2 Å². The lowest BCUT2D eigenvalue weighted by Crippen LogP contribution is -2.30. The first-order chi connectivity index (χ1) is 10.1. The number of hydrogen-bond donors (Lipinski definition) is 2. The van der Waals surface area contributed by atoms with E-state index in [2.05, 4.69) is 12.2 Å². The number of rotatable bonds is 6. The van der Waals surface area contributed by atoms with Gasteiger partial charge in [-0.25, -0.2) is 0 Å². The van der Waals surface area contributed by atoms with Crippen LogP contribution in [0.1, 0.15) is 32.6 Å². The number of ether oxygens (including phenoxy) is 1. The number of nitrogens with one attached hydrogen (secondary N) is 1. The number of anilines is 1. The molecule has 1 saturated carbocycles. The molecule has 0 saturated heterocycles. The second-order valence-corrected chi connectivity index (χ2v) is 6.67. The summed E-state index contributed by atoms with van der Waals surface area (Å²) in [6.45, 7) is 2.96. The Hall–Kier alpha value is -0.480. The topological polar surface area (TPSA) is 41.5 Å². The third kappa shape index (κ3) is 5.33. The monoisotopic (exact) mass is 331 g/mol. The summed E-state index contributed by atoms with van der Waals surface area (Å²) in [4.78, 5) is 0. The van der Waals surface area contributed by atoms with Crippen molar-refractivity contribution in [2.24, 2.45) is 5.92 Å². The van der Waals surface area contributed by atoms with Gasteiger partial charge in [-0.05, 0) is 30.9 Å². The molecule has 1 aliphatic rings. The predicted octanol–water partition coefficient (Wildman–Crippen LogP) is 4.36. The summed E-state index contributed by atoms with van der Waals surface area (Å²) in [5.41, 5.74) is 0.658. The van der Waals surface area contributed by atoms with Crippen LogP contribution < -0.4 is 5.32 Å². The largest absolute Gasteiger partial charge is 0.389 e.